The number of aromatic nitrogens is 3. The summed E-state index contributed by atoms with van der Waals surface area (Å²) in [6.45, 7) is 6.36. The van der Waals surface area contributed by atoms with Gasteiger partial charge in [0, 0.05) is 22.4 Å². The average Bonchev–Trinajstić information content (AvgIpc) is 3.26. The van der Waals surface area contributed by atoms with E-state index in [1.807, 2.05) is 16.9 Å². The molecular formula is C19H19N5O2S2. The van der Waals surface area contributed by atoms with Gasteiger partial charge >= 0.3 is 0 Å². The first-order chi connectivity index (χ1) is 13.5. The van der Waals surface area contributed by atoms with Gasteiger partial charge in [-0.3, -0.25) is 14.2 Å². The van der Waals surface area contributed by atoms with Crippen molar-refractivity contribution in [3.8, 4) is 11.4 Å². The molecule has 2 heterocycles. The van der Waals surface area contributed by atoms with Gasteiger partial charge < -0.3 is 11.1 Å². The molecule has 7 nitrogen and oxygen atoms in total. The second kappa shape index (κ2) is 8.85. The molecule has 1 aromatic carbocycles. The Balaban J connectivity index is 1.72. The van der Waals surface area contributed by atoms with E-state index < -0.39 is 5.91 Å². The van der Waals surface area contributed by atoms with Crippen LogP contribution in [0.1, 0.15) is 15.2 Å². The van der Waals surface area contributed by atoms with E-state index in [-0.39, 0.29) is 17.2 Å². The number of carbonyl (C=O) groups is 2. The highest BCUT2D eigenvalue weighted by Crippen LogP contribution is 2.27. The summed E-state index contributed by atoms with van der Waals surface area (Å²) in [5.41, 5.74) is 6.99. The number of thiophene rings is 1. The molecule has 0 bridgehead atoms. The number of amides is 2. The number of thioether (sulfide) groups is 1. The highest BCUT2D eigenvalue weighted by Gasteiger charge is 2.16. The van der Waals surface area contributed by atoms with Crippen molar-refractivity contribution in [2.75, 3.05) is 11.1 Å². The van der Waals surface area contributed by atoms with Crippen LogP contribution in [-0.4, -0.2) is 32.3 Å². The van der Waals surface area contributed by atoms with Gasteiger partial charge in [-0.25, -0.2) is 0 Å². The van der Waals surface area contributed by atoms with Gasteiger partial charge in [0.25, 0.3) is 5.91 Å². The van der Waals surface area contributed by atoms with Gasteiger partial charge in [0.15, 0.2) is 11.0 Å². The molecule has 3 rings (SSSR count). The van der Waals surface area contributed by atoms with E-state index in [2.05, 4.69) is 28.2 Å². The number of para-hydroxylation sites is 1. The quantitative estimate of drug-likeness (QED) is 0.435. The second-order valence-corrected chi connectivity index (χ2v) is 7.96. The molecule has 2 amide bonds. The zero-order valence-corrected chi connectivity index (χ0v) is 16.8. The SMILES string of the molecule is C=CCn1c(SCC(=O)Nc2ccccc2C(N)=O)nnc1-c1csc(C)c1. The third kappa shape index (κ3) is 4.49. The first kappa shape index (κ1) is 19.8. The molecular weight excluding hydrogens is 394 g/mol. The van der Waals surface area contributed by atoms with Crippen LogP contribution in [0.5, 0.6) is 0 Å². The molecule has 3 N–H and O–H groups in total. The maximum Gasteiger partial charge on any atom is 0.250 e. The second-order valence-electron chi connectivity index (χ2n) is 5.90. The number of aryl methyl sites for hydroxylation is 1. The molecule has 0 aliphatic carbocycles. The minimum absolute atomic E-state index is 0.116. The standard InChI is InChI=1S/C19H19N5O2S2/c1-3-8-24-18(13-9-12(2)27-10-13)22-23-19(24)28-11-16(25)21-15-7-5-4-6-14(15)17(20)26/h3-7,9-10H,1,8,11H2,2H3,(H2,20,26)(H,21,25). The predicted octanol–water partition coefficient (Wildman–Crippen LogP) is 3.33. The molecule has 0 saturated heterocycles. The van der Waals surface area contributed by atoms with E-state index in [9.17, 15) is 9.59 Å². The molecule has 28 heavy (non-hydrogen) atoms. The van der Waals surface area contributed by atoms with Crippen LogP contribution in [0.4, 0.5) is 5.69 Å². The molecule has 144 valence electrons. The zero-order chi connectivity index (χ0) is 20.1. The number of benzene rings is 1. The summed E-state index contributed by atoms with van der Waals surface area (Å²) in [5, 5.41) is 13.9. The van der Waals surface area contributed by atoms with Crippen molar-refractivity contribution in [2.24, 2.45) is 5.73 Å². The predicted molar refractivity (Wildman–Crippen MR) is 113 cm³/mol. The van der Waals surface area contributed by atoms with Crippen molar-refractivity contribution in [1.82, 2.24) is 14.8 Å². The third-order valence-corrected chi connectivity index (χ3v) is 5.64. The molecule has 0 aliphatic rings. The lowest BCUT2D eigenvalue weighted by molar-refractivity contribution is -0.113. The van der Waals surface area contributed by atoms with Gasteiger partial charge in [0.05, 0.1) is 17.0 Å². The van der Waals surface area contributed by atoms with Crippen molar-refractivity contribution in [2.45, 2.75) is 18.6 Å². The smallest absolute Gasteiger partial charge is 0.250 e. The zero-order valence-electron chi connectivity index (χ0n) is 15.2. The molecule has 0 spiro atoms. The maximum atomic E-state index is 12.3. The molecule has 3 aromatic rings. The van der Waals surface area contributed by atoms with Gasteiger partial charge in [0.2, 0.25) is 5.91 Å². The fourth-order valence-electron chi connectivity index (χ4n) is 2.59. The Morgan fingerprint density at radius 3 is 2.82 bits per heavy atom. The minimum Gasteiger partial charge on any atom is -0.366 e. The number of carbonyl (C=O) groups excluding carboxylic acids is 2. The van der Waals surface area contributed by atoms with Crippen LogP contribution < -0.4 is 11.1 Å². The van der Waals surface area contributed by atoms with Crippen molar-refractivity contribution >= 4 is 40.6 Å². The molecule has 0 aliphatic heterocycles. The van der Waals surface area contributed by atoms with E-state index >= 15 is 0 Å². The largest absolute Gasteiger partial charge is 0.366 e. The van der Waals surface area contributed by atoms with Crippen LogP contribution in [0.2, 0.25) is 0 Å². The van der Waals surface area contributed by atoms with Gasteiger partial charge in [-0.05, 0) is 25.1 Å². The highest BCUT2D eigenvalue weighted by atomic mass is 32.2. The number of hydrogen-bond acceptors (Lipinski definition) is 6. The average molecular weight is 414 g/mol. The summed E-state index contributed by atoms with van der Waals surface area (Å²) in [6.07, 6.45) is 1.76. The number of nitrogens with zero attached hydrogens (tertiary/aromatic N) is 3. The Kier molecular flexibility index (Phi) is 6.27. The van der Waals surface area contributed by atoms with Crippen LogP contribution >= 0.6 is 23.1 Å². The summed E-state index contributed by atoms with van der Waals surface area (Å²) in [6, 6.07) is 8.68. The van der Waals surface area contributed by atoms with E-state index in [1.165, 1.54) is 16.6 Å². The number of primary amides is 1. The van der Waals surface area contributed by atoms with Gasteiger partial charge in [-0.2, -0.15) is 0 Å². The molecule has 0 atom stereocenters. The van der Waals surface area contributed by atoms with Crippen LogP contribution in [0, 0.1) is 6.92 Å². The Hall–Kier alpha value is -2.91. The third-order valence-electron chi connectivity index (χ3n) is 3.82. The monoisotopic (exact) mass is 413 g/mol. The highest BCUT2D eigenvalue weighted by molar-refractivity contribution is 7.99. The summed E-state index contributed by atoms with van der Waals surface area (Å²) in [5.74, 6) is 0.00128. The number of allylic oxidation sites excluding steroid dienone is 1. The minimum atomic E-state index is -0.593. The van der Waals surface area contributed by atoms with Crippen molar-refractivity contribution in [3.05, 3.63) is 58.8 Å². The van der Waals surface area contributed by atoms with E-state index in [0.717, 1.165) is 11.4 Å². The van der Waals surface area contributed by atoms with Crippen LogP contribution in [0.3, 0.4) is 0 Å². The Labute approximate surface area is 170 Å². The summed E-state index contributed by atoms with van der Waals surface area (Å²) in [7, 11) is 0. The Bertz CT molecular complexity index is 1030. The van der Waals surface area contributed by atoms with Crippen LogP contribution in [-0.2, 0) is 11.3 Å². The lowest BCUT2D eigenvalue weighted by atomic mass is 10.1. The topological polar surface area (TPSA) is 103 Å². The molecule has 0 radical (unpaired) electrons. The Morgan fingerprint density at radius 1 is 1.36 bits per heavy atom. The van der Waals surface area contributed by atoms with Crippen molar-refractivity contribution in [3.63, 3.8) is 0 Å². The fraction of sp³-hybridized carbons (Fsp3) is 0.158. The maximum absolute atomic E-state index is 12.3. The summed E-state index contributed by atoms with van der Waals surface area (Å²) >= 11 is 2.91. The molecule has 0 unspecified atom stereocenters. The first-order valence-corrected chi connectivity index (χ1v) is 10.3. The Morgan fingerprint density at radius 2 is 2.14 bits per heavy atom. The van der Waals surface area contributed by atoms with Gasteiger partial charge in [-0.1, -0.05) is 30.0 Å². The van der Waals surface area contributed by atoms with Crippen LogP contribution in [0.15, 0.2) is 53.5 Å². The molecule has 0 saturated carbocycles. The number of anilines is 1. The lowest BCUT2D eigenvalue weighted by Crippen LogP contribution is -2.19. The van der Waals surface area contributed by atoms with E-state index in [4.69, 9.17) is 5.73 Å². The number of rotatable bonds is 8. The van der Waals surface area contributed by atoms with Gasteiger partial charge in [0.1, 0.15) is 0 Å². The van der Waals surface area contributed by atoms with Crippen molar-refractivity contribution in [1.29, 1.82) is 0 Å². The number of nitrogens with two attached hydrogens (primary N) is 1. The first-order valence-electron chi connectivity index (χ1n) is 8.40. The van der Waals surface area contributed by atoms with E-state index in [1.54, 1.807) is 41.7 Å². The number of hydrogen-bond donors (Lipinski definition) is 2. The summed E-state index contributed by atoms with van der Waals surface area (Å²) < 4.78 is 1.92. The van der Waals surface area contributed by atoms with Crippen LogP contribution in [0.25, 0.3) is 11.4 Å². The number of nitrogens with one attached hydrogen (secondary N) is 1. The lowest BCUT2D eigenvalue weighted by Gasteiger charge is -2.09. The fourth-order valence-corrected chi connectivity index (χ4v) is 4.02. The normalized spacial score (nSPS) is 10.6. The summed E-state index contributed by atoms with van der Waals surface area (Å²) in [4.78, 5) is 25.0. The molecule has 0 fully saturated rings. The van der Waals surface area contributed by atoms with Gasteiger partial charge in [-0.15, -0.1) is 28.1 Å². The molecule has 9 heteroatoms. The molecule has 2 aromatic heterocycles. The van der Waals surface area contributed by atoms with Crippen molar-refractivity contribution < 1.29 is 9.59 Å². The van der Waals surface area contributed by atoms with E-state index in [0.29, 0.717) is 17.4 Å².